The van der Waals surface area contributed by atoms with Crippen LogP contribution < -0.4 is 4.72 Å². The second-order valence-corrected chi connectivity index (χ2v) is 7.71. The molecule has 2 rings (SSSR count). The van der Waals surface area contributed by atoms with E-state index in [0.717, 1.165) is 30.6 Å². The molecule has 1 saturated carbocycles. The molecule has 0 spiro atoms. The van der Waals surface area contributed by atoms with Gasteiger partial charge in [0.15, 0.2) is 0 Å². The molecule has 0 unspecified atom stereocenters. The first-order chi connectivity index (χ1) is 9.37. The van der Waals surface area contributed by atoms with Gasteiger partial charge in [0, 0.05) is 5.54 Å². The molecule has 1 fully saturated rings. The predicted octanol–water partition coefficient (Wildman–Crippen LogP) is 2.36. The molecule has 5 nitrogen and oxygen atoms in total. The second kappa shape index (κ2) is 5.67. The number of aromatic carboxylic acids is 1. The summed E-state index contributed by atoms with van der Waals surface area (Å²) in [4.78, 5) is 11.1. The van der Waals surface area contributed by atoms with Crippen LogP contribution in [0.15, 0.2) is 24.1 Å². The Balaban J connectivity index is 2.13. The summed E-state index contributed by atoms with van der Waals surface area (Å²) in [5, 5.41) is 10.6. The van der Waals surface area contributed by atoms with Crippen LogP contribution in [0.5, 0.6) is 0 Å². The molecular weight excluding hydrogens is 298 g/mol. The lowest BCUT2D eigenvalue weighted by Crippen LogP contribution is -2.53. The van der Waals surface area contributed by atoms with Gasteiger partial charge in [-0.05, 0) is 42.7 Å². The Labute approximate surface area is 122 Å². The zero-order valence-electron chi connectivity index (χ0n) is 11.0. The summed E-state index contributed by atoms with van der Waals surface area (Å²) >= 11 is 1.04. The SMILES string of the molecule is C=CCC1(NS(=O)(=O)Cc2ccsc2C(=O)O)CCC1. The van der Waals surface area contributed by atoms with Gasteiger partial charge >= 0.3 is 5.97 Å². The maximum atomic E-state index is 12.2. The third-order valence-corrected chi connectivity index (χ3v) is 5.88. The average molecular weight is 315 g/mol. The van der Waals surface area contributed by atoms with Crippen molar-refractivity contribution in [2.45, 2.75) is 37.0 Å². The fourth-order valence-electron chi connectivity index (χ4n) is 2.44. The van der Waals surface area contributed by atoms with Crippen molar-refractivity contribution in [1.29, 1.82) is 0 Å². The van der Waals surface area contributed by atoms with Crippen molar-refractivity contribution >= 4 is 27.3 Å². The molecule has 1 aromatic rings. The molecule has 0 bridgehead atoms. The van der Waals surface area contributed by atoms with Gasteiger partial charge in [-0.15, -0.1) is 17.9 Å². The van der Waals surface area contributed by atoms with Crippen molar-refractivity contribution in [2.75, 3.05) is 0 Å². The van der Waals surface area contributed by atoms with Crippen LogP contribution in [0, 0.1) is 0 Å². The maximum Gasteiger partial charge on any atom is 0.346 e. The number of nitrogens with one attached hydrogen (secondary N) is 1. The van der Waals surface area contributed by atoms with Crippen molar-refractivity contribution in [3.63, 3.8) is 0 Å². The van der Waals surface area contributed by atoms with Crippen LogP contribution in [0.3, 0.4) is 0 Å². The Morgan fingerprint density at radius 2 is 2.25 bits per heavy atom. The third kappa shape index (κ3) is 3.28. The first-order valence-electron chi connectivity index (χ1n) is 6.30. The lowest BCUT2D eigenvalue weighted by Gasteiger charge is -2.41. The fourth-order valence-corrected chi connectivity index (χ4v) is 4.96. The third-order valence-electron chi connectivity index (χ3n) is 3.50. The van der Waals surface area contributed by atoms with Crippen molar-refractivity contribution < 1.29 is 18.3 Å². The first-order valence-corrected chi connectivity index (χ1v) is 8.83. The van der Waals surface area contributed by atoms with Crippen LogP contribution in [0.4, 0.5) is 0 Å². The Morgan fingerprint density at radius 3 is 2.75 bits per heavy atom. The number of sulfonamides is 1. The Bertz CT molecular complexity index is 614. The van der Waals surface area contributed by atoms with Gasteiger partial charge in [-0.3, -0.25) is 0 Å². The molecule has 2 N–H and O–H groups in total. The van der Waals surface area contributed by atoms with Crippen molar-refractivity contribution in [3.8, 4) is 0 Å². The summed E-state index contributed by atoms with van der Waals surface area (Å²) < 4.78 is 27.2. The van der Waals surface area contributed by atoms with E-state index in [4.69, 9.17) is 5.11 Å². The molecule has 1 aliphatic carbocycles. The molecule has 7 heteroatoms. The molecule has 1 heterocycles. The summed E-state index contributed by atoms with van der Waals surface area (Å²) in [7, 11) is -3.56. The lowest BCUT2D eigenvalue weighted by atomic mass is 9.75. The van der Waals surface area contributed by atoms with E-state index in [9.17, 15) is 13.2 Å². The Morgan fingerprint density at radius 1 is 1.55 bits per heavy atom. The first kappa shape index (κ1) is 15.2. The normalized spacial score (nSPS) is 17.4. The highest BCUT2D eigenvalue weighted by atomic mass is 32.2. The highest BCUT2D eigenvalue weighted by Gasteiger charge is 2.39. The summed E-state index contributed by atoms with van der Waals surface area (Å²) in [6.45, 7) is 3.66. The minimum atomic E-state index is -3.56. The van der Waals surface area contributed by atoms with E-state index in [0.29, 0.717) is 12.0 Å². The number of carbonyl (C=O) groups is 1. The zero-order chi connectivity index (χ0) is 14.8. The van der Waals surface area contributed by atoms with Gasteiger partial charge in [0.05, 0.1) is 5.75 Å². The minimum Gasteiger partial charge on any atom is -0.477 e. The number of carboxylic acids is 1. The zero-order valence-corrected chi connectivity index (χ0v) is 12.6. The van der Waals surface area contributed by atoms with Gasteiger partial charge < -0.3 is 5.11 Å². The minimum absolute atomic E-state index is 0.0850. The molecule has 110 valence electrons. The summed E-state index contributed by atoms with van der Waals surface area (Å²) in [6.07, 6.45) is 4.91. The van der Waals surface area contributed by atoms with E-state index >= 15 is 0 Å². The van der Waals surface area contributed by atoms with Gasteiger partial charge in [0.1, 0.15) is 4.88 Å². The summed E-state index contributed by atoms with van der Waals surface area (Å²) in [5.74, 6) is -1.38. The molecule has 0 amide bonds. The molecule has 1 aromatic heterocycles. The topological polar surface area (TPSA) is 83.5 Å². The highest BCUT2D eigenvalue weighted by Crippen LogP contribution is 2.36. The van der Waals surface area contributed by atoms with Gasteiger partial charge in [-0.1, -0.05) is 6.08 Å². The average Bonchev–Trinajstić information content (AvgIpc) is 2.73. The molecular formula is C13H17NO4S2. The van der Waals surface area contributed by atoms with E-state index in [1.807, 2.05) is 0 Å². The van der Waals surface area contributed by atoms with E-state index in [-0.39, 0.29) is 10.6 Å². The largest absolute Gasteiger partial charge is 0.477 e. The van der Waals surface area contributed by atoms with Gasteiger partial charge in [-0.2, -0.15) is 0 Å². The molecule has 0 radical (unpaired) electrons. The van der Waals surface area contributed by atoms with Crippen molar-refractivity contribution in [1.82, 2.24) is 4.72 Å². The van der Waals surface area contributed by atoms with Crippen LogP contribution >= 0.6 is 11.3 Å². The summed E-state index contributed by atoms with van der Waals surface area (Å²) in [6, 6.07) is 1.55. The molecule has 0 aromatic carbocycles. The van der Waals surface area contributed by atoms with Crippen molar-refractivity contribution in [3.05, 3.63) is 34.5 Å². The monoisotopic (exact) mass is 315 g/mol. The van der Waals surface area contributed by atoms with Crippen LogP contribution in [0.2, 0.25) is 0 Å². The predicted molar refractivity (Wildman–Crippen MR) is 78.4 cm³/mol. The van der Waals surface area contributed by atoms with Crippen molar-refractivity contribution in [2.24, 2.45) is 0 Å². The maximum absolute atomic E-state index is 12.2. The second-order valence-electron chi connectivity index (χ2n) is 5.07. The smallest absolute Gasteiger partial charge is 0.346 e. The van der Waals surface area contributed by atoms with Crippen LogP contribution in [-0.4, -0.2) is 25.0 Å². The highest BCUT2D eigenvalue weighted by molar-refractivity contribution is 7.88. The van der Waals surface area contributed by atoms with E-state index in [1.54, 1.807) is 17.5 Å². The van der Waals surface area contributed by atoms with E-state index in [1.165, 1.54) is 0 Å². The number of rotatable bonds is 7. The van der Waals surface area contributed by atoms with Crippen LogP contribution in [0.25, 0.3) is 0 Å². The quantitative estimate of drug-likeness (QED) is 0.757. The standard InChI is InChI=1S/C13H17NO4S2/c1-2-5-13(6-3-7-13)14-20(17,18)9-10-4-8-19-11(10)12(15)16/h2,4,8,14H,1,3,5-7,9H2,(H,15,16). The van der Waals surface area contributed by atoms with Crippen LogP contribution in [-0.2, 0) is 15.8 Å². The fraction of sp³-hybridized carbons (Fsp3) is 0.462. The van der Waals surface area contributed by atoms with Gasteiger partial charge in [0.2, 0.25) is 10.0 Å². The van der Waals surface area contributed by atoms with Crippen LogP contribution in [0.1, 0.15) is 40.9 Å². The van der Waals surface area contributed by atoms with Gasteiger partial charge in [0.25, 0.3) is 0 Å². The van der Waals surface area contributed by atoms with E-state index in [2.05, 4.69) is 11.3 Å². The Kier molecular flexibility index (Phi) is 4.31. The molecule has 0 saturated heterocycles. The molecule has 1 aliphatic rings. The summed E-state index contributed by atoms with van der Waals surface area (Å²) in [5.41, 5.74) is -0.0805. The lowest BCUT2D eigenvalue weighted by molar-refractivity contribution is 0.0701. The number of carboxylic acid groups (broad SMARTS) is 1. The van der Waals surface area contributed by atoms with E-state index < -0.39 is 21.5 Å². The molecule has 20 heavy (non-hydrogen) atoms. The number of hydrogen-bond donors (Lipinski definition) is 2. The number of thiophene rings is 1. The molecule has 0 atom stereocenters. The van der Waals surface area contributed by atoms with Gasteiger partial charge in [-0.25, -0.2) is 17.9 Å². The molecule has 0 aliphatic heterocycles. The Hall–Kier alpha value is -1.18. The number of hydrogen-bond acceptors (Lipinski definition) is 4.